The Hall–Kier alpha value is -1.58. The van der Waals surface area contributed by atoms with Crippen molar-refractivity contribution in [1.82, 2.24) is 14.6 Å². The first kappa shape index (κ1) is 11.9. The Morgan fingerprint density at radius 3 is 2.94 bits per heavy atom. The summed E-state index contributed by atoms with van der Waals surface area (Å²) in [5.74, 6) is 1.48. The number of hydrogen-bond donors (Lipinski definition) is 1. The van der Waals surface area contributed by atoms with Gasteiger partial charge in [-0.3, -0.25) is 0 Å². The molecule has 2 aromatic heterocycles. The van der Waals surface area contributed by atoms with Crippen molar-refractivity contribution < 1.29 is 0 Å². The Morgan fingerprint density at radius 2 is 2.18 bits per heavy atom. The van der Waals surface area contributed by atoms with E-state index in [-0.39, 0.29) is 0 Å². The maximum atomic E-state index is 4.41. The van der Waals surface area contributed by atoms with E-state index in [9.17, 15) is 0 Å². The molecule has 4 nitrogen and oxygen atoms in total. The Balaban J connectivity index is 1.95. The normalized spacial score (nSPS) is 11.3. The van der Waals surface area contributed by atoms with Gasteiger partial charge in [0.1, 0.15) is 0 Å². The molecule has 17 heavy (non-hydrogen) atoms. The van der Waals surface area contributed by atoms with Gasteiger partial charge in [0.15, 0.2) is 5.65 Å². The third-order valence-electron chi connectivity index (χ3n) is 2.72. The Bertz CT molecular complexity index is 487. The van der Waals surface area contributed by atoms with Crippen molar-refractivity contribution in [2.75, 3.05) is 11.9 Å². The first-order valence-corrected chi connectivity index (χ1v) is 6.22. The molecule has 4 heteroatoms. The van der Waals surface area contributed by atoms with Gasteiger partial charge in [-0.15, -0.1) is 5.10 Å². The van der Waals surface area contributed by atoms with Crippen LogP contribution in [0.3, 0.4) is 0 Å². The number of hydrogen-bond acceptors (Lipinski definition) is 3. The maximum absolute atomic E-state index is 4.41. The van der Waals surface area contributed by atoms with E-state index < -0.39 is 0 Å². The number of aryl methyl sites for hydroxylation is 1. The van der Waals surface area contributed by atoms with Crippen LogP contribution in [0.15, 0.2) is 18.3 Å². The Kier molecular flexibility index (Phi) is 3.61. The minimum absolute atomic E-state index is 0.722. The SMILES string of the molecule is Cc1ccc2nc(NCCCC(C)C)nn2c1. The number of aromatic nitrogens is 3. The van der Waals surface area contributed by atoms with E-state index in [4.69, 9.17) is 0 Å². The van der Waals surface area contributed by atoms with E-state index in [0.717, 1.165) is 30.5 Å². The zero-order chi connectivity index (χ0) is 12.3. The predicted octanol–water partition coefficient (Wildman–Crippen LogP) is 2.89. The van der Waals surface area contributed by atoms with E-state index in [1.54, 1.807) is 0 Å². The molecular formula is C13H20N4. The van der Waals surface area contributed by atoms with Crippen LogP contribution in [0.4, 0.5) is 5.95 Å². The van der Waals surface area contributed by atoms with E-state index in [0.29, 0.717) is 0 Å². The van der Waals surface area contributed by atoms with Gasteiger partial charge in [-0.25, -0.2) is 4.52 Å². The number of anilines is 1. The minimum Gasteiger partial charge on any atom is -0.353 e. The molecule has 2 rings (SSSR count). The lowest BCUT2D eigenvalue weighted by atomic mass is 10.1. The summed E-state index contributed by atoms with van der Waals surface area (Å²) in [5.41, 5.74) is 2.08. The van der Waals surface area contributed by atoms with Crippen LogP contribution >= 0.6 is 0 Å². The average molecular weight is 232 g/mol. The van der Waals surface area contributed by atoms with Crippen LogP contribution in [0.25, 0.3) is 5.65 Å². The molecule has 0 fully saturated rings. The number of nitrogens with zero attached hydrogens (tertiary/aromatic N) is 3. The topological polar surface area (TPSA) is 42.2 Å². The van der Waals surface area contributed by atoms with Crippen LogP contribution < -0.4 is 5.32 Å². The van der Waals surface area contributed by atoms with Gasteiger partial charge in [0.2, 0.25) is 5.95 Å². The summed E-state index contributed by atoms with van der Waals surface area (Å²) in [5, 5.41) is 7.65. The van der Waals surface area contributed by atoms with Gasteiger partial charge in [0.05, 0.1) is 0 Å². The van der Waals surface area contributed by atoms with Gasteiger partial charge in [-0.2, -0.15) is 4.98 Å². The number of pyridine rings is 1. The summed E-state index contributed by atoms with van der Waals surface area (Å²) in [6, 6.07) is 4.04. The van der Waals surface area contributed by atoms with Crippen molar-refractivity contribution in [3.05, 3.63) is 23.9 Å². The lowest BCUT2D eigenvalue weighted by Crippen LogP contribution is -2.04. The van der Waals surface area contributed by atoms with E-state index >= 15 is 0 Å². The molecule has 0 amide bonds. The first-order chi connectivity index (χ1) is 8.15. The molecule has 0 saturated heterocycles. The molecule has 92 valence electrons. The zero-order valence-corrected chi connectivity index (χ0v) is 10.8. The number of rotatable bonds is 5. The second-order valence-corrected chi connectivity index (χ2v) is 4.91. The molecule has 0 aliphatic rings. The first-order valence-electron chi connectivity index (χ1n) is 6.22. The molecule has 2 heterocycles. The summed E-state index contributed by atoms with van der Waals surface area (Å²) >= 11 is 0. The summed E-state index contributed by atoms with van der Waals surface area (Å²) in [7, 11) is 0. The van der Waals surface area contributed by atoms with Crippen LogP contribution in [-0.4, -0.2) is 21.1 Å². The Labute approximate surface area is 102 Å². The number of fused-ring (bicyclic) bond motifs is 1. The monoisotopic (exact) mass is 232 g/mol. The van der Waals surface area contributed by atoms with Crippen LogP contribution in [-0.2, 0) is 0 Å². The van der Waals surface area contributed by atoms with Crippen LogP contribution in [0.5, 0.6) is 0 Å². The van der Waals surface area contributed by atoms with Crippen molar-refractivity contribution >= 4 is 11.6 Å². The molecule has 0 aliphatic carbocycles. The van der Waals surface area contributed by atoms with E-state index in [2.05, 4.69) is 36.2 Å². The fourth-order valence-electron chi connectivity index (χ4n) is 1.77. The van der Waals surface area contributed by atoms with Crippen LogP contribution in [0.1, 0.15) is 32.3 Å². The molecule has 0 atom stereocenters. The number of nitrogens with one attached hydrogen (secondary N) is 1. The molecule has 0 saturated carbocycles. The predicted molar refractivity (Wildman–Crippen MR) is 70.3 cm³/mol. The largest absolute Gasteiger partial charge is 0.353 e. The van der Waals surface area contributed by atoms with Gasteiger partial charge in [-0.05, 0) is 37.3 Å². The lowest BCUT2D eigenvalue weighted by molar-refractivity contribution is 0.566. The lowest BCUT2D eigenvalue weighted by Gasteiger charge is -2.03. The van der Waals surface area contributed by atoms with Gasteiger partial charge < -0.3 is 5.32 Å². The van der Waals surface area contributed by atoms with Crippen molar-refractivity contribution in [3.8, 4) is 0 Å². The Morgan fingerprint density at radius 1 is 1.35 bits per heavy atom. The molecular weight excluding hydrogens is 212 g/mol. The average Bonchev–Trinajstić information content (AvgIpc) is 2.66. The second kappa shape index (κ2) is 5.17. The molecule has 0 spiro atoms. The fourth-order valence-corrected chi connectivity index (χ4v) is 1.77. The molecule has 0 bridgehead atoms. The molecule has 2 aromatic rings. The zero-order valence-electron chi connectivity index (χ0n) is 10.8. The fraction of sp³-hybridized carbons (Fsp3) is 0.538. The summed E-state index contributed by atoms with van der Waals surface area (Å²) in [6.07, 6.45) is 4.38. The summed E-state index contributed by atoms with van der Waals surface area (Å²) in [6.45, 7) is 7.47. The molecule has 0 unspecified atom stereocenters. The highest BCUT2D eigenvalue weighted by atomic mass is 15.3. The minimum atomic E-state index is 0.722. The maximum Gasteiger partial charge on any atom is 0.243 e. The standard InChI is InChI=1S/C13H20N4/c1-10(2)5-4-8-14-13-15-12-7-6-11(3)9-17(12)16-13/h6-7,9-10H,4-5,8H2,1-3H3,(H,14,16). The smallest absolute Gasteiger partial charge is 0.243 e. The summed E-state index contributed by atoms with van der Waals surface area (Å²) in [4.78, 5) is 4.41. The molecule has 1 N–H and O–H groups in total. The highest BCUT2D eigenvalue weighted by Gasteiger charge is 2.02. The molecule has 0 aliphatic heterocycles. The van der Waals surface area contributed by atoms with Gasteiger partial charge in [-0.1, -0.05) is 19.9 Å². The quantitative estimate of drug-likeness (QED) is 0.806. The summed E-state index contributed by atoms with van der Waals surface area (Å²) < 4.78 is 1.82. The highest BCUT2D eigenvalue weighted by molar-refractivity contribution is 5.43. The van der Waals surface area contributed by atoms with Crippen LogP contribution in [0.2, 0.25) is 0 Å². The van der Waals surface area contributed by atoms with Crippen LogP contribution in [0, 0.1) is 12.8 Å². The van der Waals surface area contributed by atoms with Gasteiger partial charge in [0.25, 0.3) is 0 Å². The van der Waals surface area contributed by atoms with E-state index in [1.807, 2.05) is 22.8 Å². The van der Waals surface area contributed by atoms with Crippen molar-refractivity contribution in [2.24, 2.45) is 5.92 Å². The van der Waals surface area contributed by atoms with Gasteiger partial charge >= 0.3 is 0 Å². The molecule has 0 radical (unpaired) electrons. The van der Waals surface area contributed by atoms with Crippen molar-refractivity contribution in [1.29, 1.82) is 0 Å². The van der Waals surface area contributed by atoms with E-state index in [1.165, 1.54) is 12.0 Å². The third kappa shape index (κ3) is 3.19. The highest BCUT2D eigenvalue weighted by Crippen LogP contribution is 2.08. The van der Waals surface area contributed by atoms with Gasteiger partial charge in [0, 0.05) is 12.7 Å². The third-order valence-corrected chi connectivity index (χ3v) is 2.72. The molecule has 0 aromatic carbocycles. The van der Waals surface area contributed by atoms with Crippen molar-refractivity contribution in [2.45, 2.75) is 33.6 Å². The second-order valence-electron chi connectivity index (χ2n) is 4.91. The van der Waals surface area contributed by atoms with Crippen molar-refractivity contribution in [3.63, 3.8) is 0 Å².